The predicted octanol–water partition coefficient (Wildman–Crippen LogP) is 2.17. The summed E-state index contributed by atoms with van der Waals surface area (Å²) >= 11 is 6.02. The first-order chi connectivity index (χ1) is 13.2. The number of hydrogen-bond acceptors (Lipinski definition) is 7. The Labute approximate surface area is 157 Å². The Morgan fingerprint density at radius 2 is 2.00 bits per heavy atom. The highest BCUT2D eigenvalue weighted by Crippen LogP contribution is 2.40. The smallest absolute Gasteiger partial charge is 0.288 e. The Kier molecular flexibility index (Phi) is 3.47. The van der Waals surface area contributed by atoms with Crippen molar-refractivity contribution in [2.24, 2.45) is 0 Å². The van der Waals surface area contributed by atoms with Gasteiger partial charge in [-0.2, -0.15) is 9.78 Å². The second-order valence-electron chi connectivity index (χ2n) is 5.96. The average molecular weight is 379 g/mol. The van der Waals surface area contributed by atoms with Crippen molar-refractivity contribution in [2.45, 2.75) is 6.04 Å². The van der Waals surface area contributed by atoms with Crippen molar-refractivity contribution in [1.82, 2.24) is 35.4 Å². The van der Waals surface area contributed by atoms with Gasteiger partial charge in [0.25, 0.3) is 5.56 Å². The second-order valence-corrected chi connectivity index (χ2v) is 6.39. The van der Waals surface area contributed by atoms with Crippen molar-refractivity contribution < 1.29 is 0 Å². The summed E-state index contributed by atoms with van der Waals surface area (Å²) < 4.78 is 1.61. The molecule has 2 N–H and O–H groups in total. The molecule has 3 aromatic heterocycles. The van der Waals surface area contributed by atoms with E-state index in [1.165, 1.54) is 0 Å². The predicted molar refractivity (Wildman–Crippen MR) is 97.9 cm³/mol. The number of anilines is 2. The summed E-state index contributed by atoms with van der Waals surface area (Å²) in [4.78, 5) is 16.7. The van der Waals surface area contributed by atoms with Crippen LogP contribution in [-0.2, 0) is 0 Å². The first-order valence-corrected chi connectivity index (χ1v) is 8.43. The molecule has 9 nitrogen and oxygen atoms in total. The van der Waals surface area contributed by atoms with Gasteiger partial charge in [-0.25, -0.2) is 5.10 Å². The van der Waals surface area contributed by atoms with Crippen LogP contribution in [0.3, 0.4) is 0 Å². The van der Waals surface area contributed by atoms with E-state index >= 15 is 0 Å². The lowest BCUT2D eigenvalue weighted by molar-refractivity contribution is 0.566. The molecule has 0 fully saturated rings. The van der Waals surface area contributed by atoms with Crippen molar-refractivity contribution in [3.63, 3.8) is 0 Å². The average Bonchev–Trinajstić information content (AvgIpc) is 3.17. The summed E-state index contributed by atoms with van der Waals surface area (Å²) in [6.45, 7) is 0. The third-order valence-corrected chi connectivity index (χ3v) is 4.64. The lowest BCUT2D eigenvalue weighted by Gasteiger charge is -2.27. The zero-order valence-corrected chi connectivity index (χ0v) is 14.4. The molecule has 1 aromatic carbocycles. The first kappa shape index (κ1) is 15.6. The van der Waals surface area contributed by atoms with Gasteiger partial charge in [-0.05, 0) is 34.2 Å². The monoisotopic (exact) mass is 378 g/mol. The molecule has 27 heavy (non-hydrogen) atoms. The summed E-state index contributed by atoms with van der Waals surface area (Å²) in [5, 5.41) is 22.3. The lowest BCUT2D eigenvalue weighted by Crippen LogP contribution is -2.29. The zero-order valence-electron chi connectivity index (χ0n) is 13.7. The number of tetrazole rings is 1. The molecule has 5 rings (SSSR count). The molecule has 1 aliphatic rings. The Bertz CT molecular complexity index is 1190. The molecule has 0 radical (unpaired) electrons. The molecule has 4 heterocycles. The fraction of sp³-hybridized carbons (Fsp3) is 0.0588. The van der Waals surface area contributed by atoms with Gasteiger partial charge < -0.3 is 5.32 Å². The van der Waals surface area contributed by atoms with Gasteiger partial charge in [-0.1, -0.05) is 34.9 Å². The minimum Gasteiger partial charge on any atom is -0.318 e. The normalized spacial score (nSPS) is 14.9. The van der Waals surface area contributed by atoms with Crippen LogP contribution in [0.5, 0.6) is 0 Å². The van der Waals surface area contributed by atoms with Crippen LogP contribution in [0.25, 0.3) is 11.3 Å². The SMILES string of the molecule is O=c1[nH]nc(-c2ccc(Cl)cc2)c2c1Nc1nnnn1[C@@H]2c1cccnc1. The number of fused-ring (bicyclic) bond motifs is 2. The van der Waals surface area contributed by atoms with Crippen molar-refractivity contribution >= 4 is 23.2 Å². The van der Waals surface area contributed by atoms with Crippen molar-refractivity contribution in [3.8, 4) is 11.3 Å². The molecule has 10 heteroatoms. The van der Waals surface area contributed by atoms with Gasteiger partial charge in [-0.3, -0.25) is 9.78 Å². The van der Waals surface area contributed by atoms with Crippen LogP contribution >= 0.6 is 11.6 Å². The third-order valence-electron chi connectivity index (χ3n) is 4.39. The fourth-order valence-electron chi connectivity index (χ4n) is 3.21. The van der Waals surface area contributed by atoms with E-state index in [-0.39, 0.29) is 5.56 Å². The molecule has 0 unspecified atom stereocenters. The molecule has 4 aromatic rings. The number of benzene rings is 1. The maximum absolute atomic E-state index is 12.5. The van der Waals surface area contributed by atoms with Crippen LogP contribution in [0, 0.1) is 0 Å². The van der Waals surface area contributed by atoms with Gasteiger partial charge >= 0.3 is 0 Å². The largest absolute Gasteiger partial charge is 0.318 e. The summed E-state index contributed by atoms with van der Waals surface area (Å²) in [6, 6.07) is 10.5. The van der Waals surface area contributed by atoms with E-state index in [4.69, 9.17) is 11.6 Å². The van der Waals surface area contributed by atoms with Crippen LogP contribution in [-0.4, -0.2) is 35.4 Å². The van der Waals surface area contributed by atoms with E-state index < -0.39 is 6.04 Å². The molecule has 1 aliphatic heterocycles. The van der Waals surface area contributed by atoms with E-state index in [1.807, 2.05) is 24.3 Å². The van der Waals surface area contributed by atoms with Crippen molar-refractivity contribution in [2.75, 3.05) is 5.32 Å². The van der Waals surface area contributed by atoms with E-state index in [0.29, 0.717) is 27.9 Å². The number of H-pyrrole nitrogens is 1. The fourth-order valence-corrected chi connectivity index (χ4v) is 3.34. The molecule has 0 spiro atoms. The summed E-state index contributed by atoms with van der Waals surface area (Å²) in [5.74, 6) is 0.370. The highest BCUT2D eigenvalue weighted by atomic mass is 35.5. The number of nitrogens with zero attached hydrogens (tertiary/aromatic N) is 6. The maximum Gasteiger partial charge on any atom is 0.288 e. The van der Waals surface area contributed by atoms with E-state index in [1.54, 1.807) is 29.2 Å². The quantitative estimate of drug-likeness (QED) is 0.483. The standard InChI is InChI=1S/C17H11ClN8O/c18-11-5-3-9(4-6-11)13-12-14(16(27)22-21-13)20-17-23-24-25-26(17)15(12)10-2-1-7-19-8-10/h1-8,15H,(H,22,27)(H,20,23,25)/t15-/m1/s1. The minimum atomic E-state index is -0.458. The summed E-state index contributed by atoms with van der Waals surface area (Å²) in [5.41, 5.74) is 2.89. The number of nitrogens with one attached hydrogen (secondary N) is 2. The maximum atomic E-state index is 12.5. The van der Waals surface area contributed by atoms with E-state index in [2.05, 4.69) is 36.0 Å². The summed E-state index contributed by atoms with van der Waals surface area (Å²) in [6.07, 6.45) is 3.40. The molecule has 0 aliphatic carbocycles. The number of halogens is 1. The van der Waals surface area contributed by atoms with Crippen molar-refractivity contribution in [3.05, 3.63) is 75.3 Å². The van der Waals surface area contributed by atoms with Gasteiger partial charge in [0.15, 0.2) is 0 Å². The van der Waals surface area contributed by atoms with Gasteiger partial charge in [0.2, 0.25) is 5.95 Å². The first-order valence-electron chi connectivity index (χ1n) is 8.05. The second kappa shape index (κ2) is 5.99. The molecular weight excluding hydrogens is 368 g/mol. The van der Waals surface area contributed by atoms with Crippen LogP contribution in [0.1, 0.15) is 17.2 Å². The lowest BCUT2D eigenvalue weighted by atomic mass is 9.93. The van der Waals surface area contributed by atoms with Crippen LogP contribution in [0.15, 0.2) is 53.6 Å². The topological polar surface area (TPSA) is 114 Å². The minimum absolute atomic E-state index is 0.353. The van der Waals surface area contributed by atoms with Crippen LogP contribution in [0.4, 0.5) is 11.6 Å². The molecule has 132 valence electrons. The molecular formula is C17H11ClN8O. The molecule has 0 amide bonds. The van der Waals surface area contributed by atoms with Gasteiger partial charge in [0.1, 0.15) is 11.7 Å². The van der Waals surface area contributed by atoms with Gasteiger partial charge in [-0.15, -0.1) is 0 Å². The van der Waals surface area contributed by atoms with Crippen LogP contribution in [0.2, 0.25) is 5.02 Å². The Morgan fingerprint density at radius 1 is 1.15 bits per heavy atom. The third kappa shape index (κ3) is 2.48. The van der Waals surface area contributed by atoms with E-state index in [9.17, 15) is 4.79 Å². The highest BCUT2D eigenvalue weighted by Gasteiger charge is 2.34. The number of aromatic amines is 1. The Hall–Kier alpha value is -3.59. The number of hydrogen-bond donors (Lipinski definition) is 2. The number of pyridine rings is 1. The van der Waals surface area contributed by atoms with Gasteiger partial charge in [0, 0.05) is 28.5 Å². The van der Waals surface area contributed by atoms with Gasteiger partial charge in [0.05, 0.1) is 5.69 Å². The molecule has 1 atom stereocenters. The van der Waals surface area contributed by atoms with Crippen molar-refractivity contribution in [1.29, 1.82) is 0 Å². The van der Waals surface area contributed by atoms with E-state index in [0.717, 1.165) is 11.1 Å². The molecule has 0 saturated heterocycles. The molecule has 0 bridgehead atoms. The molecule has 0 saturated carbocycles. The Balaban J connectivity index is 1.82. The number of aromatic nitrogens is 7. The zero-order chi connectivity index (χ0) is 18.4. The van der Waals surface area contributed by atoms with Crippen LogP contribution < -0.4 is 10.9 Å². The number of rotatable bonds is 2. The highest BCUT2D eigenvalue weighted by molar-refractivity contribution is 6.30. The Morgan fingerprint density at radius 3 is 2.78 bits per heavy atom. The summed E-state index contributed by atoms with van der Waals surface area (Å²) in [7, 11) is 0.